The first-order chi connectivity index (χ1) is 22.8. The van der Waals surface area contributed by atoms with Crippen LogP contribution >= 0.6 is 0 Å². The molecule has 1 aliphatic carbocycles. The van der Waals surface area contributed by atoms with E-state index in [0.29, 0.717) is 49.2 Å². The summed E-state index contributed by atoms with van der Waals surface area (Å²) in [7, 11) is 3.92. The van der Waals surface area contributed by atoms with Gasteiger partial charge >= 0.3 is 0 Å². The van der Waals surface area contributed by atoms with Crippen molar-refractivity contribution in [3.63, 3.8) is 0 Å². The molecule has 0 aromatic heterocycles. The maximum Gasteiger partial charge on any atom is 0.258 e. The number of carbonyl (C=O) groups is 3. The van der Waals surface area contributed by atoms with Gasteiger partial charge in [0.15, 0.2) is 0 Å². The lowest BCUT2D eigenvalue weighted by Crippen LogP contribution is -2.43. The Kier molecular flexibility index (Phi) is 9.52. The van der Waals surface area contributed by atoms with E-state index in [-0.39, 0.29) is 17.7 Å². The van der Waals surface area contributed by atoms with Crippen molar-refractivity contribution in [2.45, 2.75) is 31.8 Å². The zero-order valence-corrected chi connectivity index (χ0v) is 27.0. The summed E-state index contributed by atoms with van der Waals surface area (Å²) in [6.45, 7) is 1.70. The molecule has 1 spiro atoms. The number of benzene rings is 4. The molecule has 0 saturated heterocycles. The van der Waals surface area contributed by atoms with E-state index in [9.17, 15) is 19.5 Å². The van der Waals surface area contributed by atoms with E-state index in [4.69, 9.17) is 0 Å². The van der Waals surface area contributed by atoms with Crippen LogP contribution in [0.3, 0.4) is 0 Å². The van der Waals surface area contributed by atoms with Crippen LogP contribution < -0.4 is 15.5 Å². The van der Waals surface area contributed by atoms with Crippen LogP contribution in [0, 0.1) is 11.3 Å². The van der Waals surface area contributed by atoms with Crippen molar-refractivity contribution >= 4 is 29.1 Å². The third kappa shape index (κ3) is 6.84. The highest BCUT2D eigenvalue weighted by molar-refractivity contribution is 6.10. The molecule has 3 N–H and O–H groups in total. The van der Waals surface area contributed by atoms with Crippen LogP contribution in [0.4, 0.5) is 11.4 Å². The molecule has 4 aromatic carbocycles. The van der Waals surface area contributed by atoms with Crippen LogP contribution in [0.1, 0.15) is 45.5 Å². The number of aliphatic hydroxyl groups excluding tert-OH is 1. The van der Waals surface area contributed by atoms with Crippen molar-refractivity contribution in [3.05, 3.63) is 120 Å². The van der Waals surface area contributed by atoms with Gasteiger partial charge in [-0.15, -0.1) is 0 Å². The summed E-state index contributed by atoms with van der Waals surface area (Å²) in [5, 5.41) is 17.6. The van der Waals surface area contributed by atoms with Crippen molar-refractivity contribution in [1.29, 1.82) is 0 Å². The van der Waals surface area contributed by atoms with Crippen LogP contribution in [0.25, 0.3) is 11.1 Å². The Morgan fingerprint density at radius 2 is 1.57 bits per heavy atom. The molecule has 3 unspecified atom stereocenters. The predicted molar refractivity (Wildman–Crippen MR) is 185 cm³/mol. The molecule has 8 nitrogen and oxygen atoms in total. The summed E-state index contributed by atoms with van der Waals surface area (Å²) in [4.78, 5) is 44.2. The number of hydrogen-bond acceptors (Lipinski definition) is 5. The van der Waals surface area contributed by atoms with Gasteiger partial charge in [0.1, 0.15) is 0 Å². The number of para-hydroxylation sites is 1. The van der Waals surface area contributed by atoms with Gasteiger partial charge in [0.25, 0.3) is 11.8 Å². The summed E-state index contributed by atoms with van der Waals surface area (Å²) >= 11 is 0. The van der Waals surface area contributed by atoms with Crippen LogP contribution in [0.15, 0.2) is 103 Å². The summed E-state index contributed by atoms with van der Waals surface area (Å²) in [6, 6.07) is 32.1. The highest BCUT2D eigenvalue weighted by Gasteiger charge is 2.51. The third-order valence-corrected chi connectivity index (χ3v) is 9.71. The normalized spacial score (nSPS) is 20.5. The fourth-order valence-corrected chi connectivity index (χ4v) is 7.11. The second-order valence-electron chi connectivity index (χ2n) is 13.0. The van der Waals surface area contributed by atoms with Gasteiger partial charge < -0.3 is 25.5 Å². The Morgan fingerprint density at radius 3 is 2.34 bits per heavy atom. The maximum atomic E-state index is 14.0. The van der Waals surface area contributed by atoms with E-state index in [1.165, 1.54) is 0 Å². The van der Waals surface area contributed by atoms with E-state index in [2.05, 4.69) is 10.6 Å². The first-order valence-corrected chi connectivity index (χ1v) is 16.3. The number of rotatable bonds is 8. The summed E-state index contributed by atoms with van der Waals surface area (Å²) in [5.41, 5.74) is 4.80. The van der Waals surface area contributed by atoms with Crippen molar-refractivity contribution < 1.29 is 19.5 Å². The van der Waals surface area contributed by atoms with E-state index in [1.54, 1.807) is 35.2 Å². The topological polar surface area (TPSA) is 102 Å². The molecule has 1 saturated carbocycles. The smallest absolute Gasteiger partial charge is 0.258 e. The number of hydrogen-bond donors (Lipinski definition) is 3. The third-order valence-electron chi connectivity index (χ3n) is 9.71. The Bertz CT molecular complexity index is 1740. The zero-order chi connectivity index (χ0) is 33.0. The average molecular weight is 631 g/mol. The Labute approximate surface area is 276 Å². The molecule has 4 aromatic rings. The maximum absolute atomic E-state index is 14.0. The molecule has 1 heterocycles. The lowest BCUT2D eigenvalue weighted by Gasteiger charge is -2.33. The average Bonchev–Trinajstić information content (AvgIpc) is 3.30. The van der Waals surface area contributed by atoms with E-state index in [1.807, 2.05) is 91.8 Å². The minimum Gasteiger partial charge on any atom is -0.392 e. The van der Waals surface area contributed by atoms with Crippen molar-refractivity contribution in [1.82, 2.24) is 10.2 Å². The molecule has 1 fully saturated rings. The van der Waals surface area contributed by atoms with Crippen LogP contribution in [0.2, 0.25) is 0 Å². The fraction of sp³-hybridized carbons (Fsp3) is 0.308. The molecule has 0 bridgehead atoms. The first kappa shape index (κ1) is 32.2. The predicted octanol–water partition coefficient (Wildman–Crippen LogP) is 5.63. The Morgan fingerprint density at radius 1 is 0.872 bits per heavy atom. The highest BCUT2D eigenvalue weighted by atomic mass is 16.3. The highest BCUT2D eigenvalue weighted by Crippen LogP contribution is 2.50. The van der Waals surface area contributed by atoms with E-state index in [0.717, 1.165) is 35.3 Å². The van der Waals surface area contributed by atoms with Gasteiger partial charge in [-0.3, -0.25) is 14.4 Å². The number of anilines is 2. The molecular weight excluding hydrogens is 588 g/mol. The minimum absolute atomic E-state index is 0.0996. The Hall–Kier alpha value is -4.79. The summed E-state index contributed by atoms with van der Waals surface area (Å²) in [6.07, 6.45) is 1.74. The monoisotopic (exact) mass is 630 g/mol. The first-order valence-electron chi connectivity index (χ1n) is 16.3. The quantitative estimate of drug-likeness (QED) is 0.234. The molecule has 3 atom stereocenters. The second kappa shape index (κ2) is 13.9. The largest absolute Gasteiger partial charge is 0.392 e. The van der Waals surface area contributed by atoms with Crippen molar-refractivity contribution in [2.24, 2.45) is 11.3 Å². The van der Waals surface area contributed by atoms with Gasteiger partial charge in [-0.05, 0) is 92.9 Å². The molecule has 47 heavy (non-hydrogen) atoms. The van der Waals surface area contributed by atoms with Gasteiger partial charge in [-0.2, -0.15) is 0 Å². The molecule has 3 amide bonds. The van der Waals surface area contributed by atoms with Crippen LogP contribution in [0.5, 0.6) is 0 Å². The number of carbonyl (C=O) groups excluding carboxylic acids is 3. The number of likely N-dealkylation sites (N-methyl/N-ethyl adjacent to an activating group) is 1. The molecular formula is C39H42N4O4. The lowest BCUT2D eigenvalue weighted by molar-refractivity contribution is -0.129. The van der Waals surface area contributed by atoms with Gasteiger partial charge in [0.2, 0.25) is 5.91 Å². The fourth-order valence-electron chi connectivity index (χ4n) is 7.11. The number of aliphatic hydroxyl groups is 1. The second-order valence-corrected chi connectivity index (χ2v) is 13.0. The molecule has 0 radical (unpaired) electrons. The Balaban J connectivity index is 1.16. The standard InChI is InChI=1S/C39H42N4O4/c1-42(2)25-23-40-36(45)33-20-21-39(35(33)44)22-24-43(34-15-9-6-12-29(34)26-39)38(47)28-16-18-30(19-17-28)41-37(46)32-14-8-7-13-31(32)27-10-4-3-5-11-27/h3-19,33,35,44H,20-26H2,1-2H3,(H,40,45)(H,41,46). The van der Waals surface area contributed by atoms with E-state index < -0.39 is 17.4 Å². The van der Waals surface area contributed by atoms with Gasteiger partial charge in [0, 0.05) is 47.6 Å². The molecule has 8 heteroatoms. The molecule has 242 valence electrons. The minimum atomic E-state index is -0.792. The summed E-state index contributed by atoms with van der Waals surface area (Å²) < 4.78 is 0. The molecule has 6 rings (SSSR count). The number of nitrogens with one attached hydrogen (secondary N) is 2. The molecule has 1 aliphatic heterocycles. The van der Waals surface area contributed by atoms with E-state index >= 15 is 0 Å². The number of nitrogens with zero attached hydrogens (tertiary/aromatic N) is 2. The zero-order valence-electron chi connectivity index (χ0n) is 27.0. The SMILES string of the molecule is CN(C)CCNC(=O)C1CCC2(CCN(C(=O)c3ccc(NC(=O)c4ccccc4-c4ccccc4)cc3)c3ccccc3C2)C1O. The lowest BCUT2D eigenvalue weighted by atomic mass is 9.75. The van der Waals surface area contributed by atoms with Crippen LogP contribution in [-0.4, -0.2) is 67.6 Å². The van der Waals surface area contributed by atoms with Crippen molar-refractivity contribution in [2.75, 3.05) is 43.9 Å². The van der Waals surface area contributed by atoms with Gasteiger partial charge in [0.05, 0.1) is 12.0 Å². The van der Waals surface area contributed by atoms with Crippen molar-refractivity contribution in [3.8, 4) is 11.1 Å². The number of fused-ring (bicyclic) bond motifs is 1. The summed E-state index contributed by atoms with van der Waals surface area (Å²) in [5.74, 6) is -0.936. The van der Waals surface area contributed by atoms with Gasteiger partial charge in [-0.25, -0.2) is 0 Å². The van der Waals surface area contributed by atoms with Crippen LogP contribution in [-0.2, 0) is 11.2 Å². The molecule has 2 aliphatic rings. The number of amides is 3. The van der Waals surface area contributed by atoms with Gasteiger partial charge in [-0.1, -0.05) is 66.7 Å².